The number of benzene rings is 1. The van der Waals surface area contributed by atoms with Gasteiger partial charge in [0.15, 0.2) is 0 Å². The van der Waals surface area contributed by atoms with Crippen LogP contribution in [0.3, 0.4) is 0 Å². The summed E-state index contributed by atoms with van der Waals surface area (Å²) in [5.74, 6) is 0.513. The van der Waals surface area contributed by atoms with Crippen LogP contribution in [0.25, 0.3) is 0 Å². The number of aryl methyl sites for hydroxylation is 2. The Labute approximate surface area is 123 Å². The maximum Gasteiger partial charge on any atom is 0.261 e. The van der Waals surface area contributed by atoms with Crippen LogP contribution < -0.4 is 4.72 Å². The normalized spacial score (nSPS) is 11.3. The summed E-state index contributed by atoms with van der Waals surface area (Å²) in [6, 6.07) is 8.42. The molecule has 0 saturated heterocycles. The van der Waals surface area contributed by atoms with Crippen molar-refractivity contribution >= 4 is 27.3 Å². The number of nitrogens with zero attached hydrogens (tertiary/aromatic N) is 1. The first kappa shape index (κ1) is 14.8. The minimum atomic E-state index is -3.58. The monoisotopic (exact) mass is 310 g/mol. The van der Waals surface area contributed by atoms with Gasteiger partial charge in [-0.05, 0) is 42.7 Å². The molecule has 0 aliphatic carbocycles. The molecule has 6 heteroatoms. The van der Waals surface area contributed by atoms with E-state index in [4.69, 9.17) is 11.6 Å². The van der Waals surface area contributed by atoms with E-state index in [1.165, 1.54) is 6.20 Å². The summed E-state index contributed by atoms with van der Waals surface area (Å²) in [4.78, 5) is 4.18. The van der Waals surface area contributed by atoms with Crippen molar-refractivity contribution in [2.24, 2.45) is 0 Å². The van der Waals surface area contributed by atoms with E-state index in [2.05, 4.69) is 9.71 Å². The van der Waals surface area contributed by atoms with Crippen molar-refractivity contribution in [3.63, 3.8) is 0 Å². The SMILES string of the molecule is Cc1cncc(NS(=O)(=O)c2ccc(CCCl)cc2)c1. The van der Waals surface area contributed by atoms with Crippen LogP contribution in [0.5, 0.6) is 0 Å². The third-order valence-corrected chi connectivity index (χ3v) is 4.33. The van der Waals surface area contributed by atoms with Crippen LogP contribution in [0, 0.1) is 6.92 Å². The van der Waals surface area contributed by atoms with E-state index < -0.39 is 10.0 Å². The van der Waals surface area contributed by atoms with E-state index in [-0.39, 0.29) is 4.90 Å². The summed E-state index contributed by atoms with van der Waals surface area (Å²) in [7, 11) is -3.58. The molecule has 1 aromatic heterocycles. The highest BCUT2D eigenvalue weighted by molar-refractivity contribution is 7.92. The Morgan fingerprint density at radius 3 is 2.50 bits per heavy atom. The van der Waals surface area contributed by atoms with Crippen LogP contribution in [0.4, 0.5) is 5.69 Å². The first-order chi connectivity index (χ1) is 9.51. The van der Waals surface area contributed by atoms with Gasteiger partial charge in [-0.15, -0.1) is 11.6 Å². The number of hydrogen-bond acceptors (Lipinski definition) is 3. The van der Waals surface area contributed by atoms with Gasteiger partial charge >= 0.3 is 0 Å². The predicted octanol–water partition coefficient (Wildman–Crippen LogP) is 2.97. The Hall–Kier alpha value is -1.59. The Kier molecular flexibility index (Phi) is 4.62. The van der Waals surface area contributed by atoms with Crippen LogP contribution in [-0.4, -0.2) is 19.3 Å². The summed E-state index contributed by atoms with van der Waals surface area (Å²) < 4.78 is 26.9. The zero-order chi connectivity index (χ0) is 14.6. The molecule has 2 aromatic rings. The minimum Gasteiger partial charge on any atom is -0.278 e. The Morgan fingerprint density at radius 2 is 1.90 bits per heavy atom. The van der Waals surface area contributed by atoms with Crippen molar-refractivity contribution < 1.29 is 8.42 Å². The van der Waals surface area contributed by atoms with Gasteiger partial charge < -0.3 is 0 Å². The van der Waals surface area contributed by atoms with Crippen molar-refractivity contribution in [1.29, 1.82) is 0 Å². The van der Waals surface area contributed by atoms with Gasteiger partial charge in [-0.1, -0.05) is 12.1 Å². The van der Waals surface area contributed by atoms with E-state index >= 15 is 0 Å². The molecule has 0 radical (unpaired) electrons. The number of anilines is 1. The second-order valence-corrected chi connectivity index (χ2v) is 6.50. The molecule has 0 unspecified atom stereocenters. The van der Waals surface area contributed by atoms with Gasteiger partial charge in [0.2, 0.25) is 0 Å². The van der Waals surface area contributed by atoms with Gasteiger partial charge in [-0.25, -0.2) is 8.42 Å². The summed E-state index contributed by atoms with van der Waals surface area (Å²) in [6.07, 6.45) is 3.86. The Bertz CT molecular complexity index is 685. The molecule has 0 saturated carbocycles. The molecule has 1 N–H and O–H groups in total. The molecule has 0 aliphatic heterocycles. The Balaban J connectivity index is 2.21. The summed E-state index contributed by atoms with van der Waals surface area (Å²) in [5, 5.41) is 0. The van der Waals surface area contributed by atoms with E-state index in [1.54, 1.807) is 36.5 Å². The van der Waals surface area contributed by atoms with E-state index in [9.17, 15) is 8.42 Å². The maximum atomic E-state index is 12.2. The van der Waals surface area contributed by atoms with Crippen LogP contribution in [-0.2, 0) is 16.4 Å². The fourth-order valence-electron chi connectivity index (χ4n) is 1.77. The van der Waals surface area contributed by atoms with Crippen LogP contribution >= 0.6 is 11.6 Å². The lowest BCUT2D eigenvalue weighted by Gasteiger charge is -2.08. The largest absolute Gasteiger partial charge is 0.278 e. The molecule has 0 bridgehead atoms. The number of aromatic nitrogens is 1. The molecule has 0 aliphatic rings. The second kappa shape index (κ2) is 6.24. The van der Waals surface area contributed by atoms with Gasteiger partial charge in [0, 0.05) is 12.1 Å². The van der Waals surface area contributed by atoms with Crippen LogP contribution in [0.2, 0.25) is 0 Å². The lowest BCUT2D eigenvalue weighted by molar-refractivity contribution is 0.601. The zero-order valence-electron chi connectivity index (χ0n) is 11.0. The molecule has 0 amide bonds. The van der Waals surface area contributed by atoms with E-state index in [0.29, 0.717) is 11.6 Å². The molecule has 0 spiro atoms. The fourth-order valence-corrected chi connectivity index (χ4v) is 3.02. The zero-order valence-corrected chi connectivity index (χ0v) is 12.6. The second-order valence-electron chi connectivity index (χ2n) is 4.44. The summed E-state index contributed by atoms with van der Waals surface area (Å²) >= 11 is 5.65. The van der Waals surface area contributed by atoms with Crippen molar-refractivity contribution in [1.82, 2.24) is 4.98 Å². The Morgan fingerprint density at radius 1 is 1.20 bits per heavy atom. The number of nitrogens with one attached hydrogen (secondary N) is 1. The fraction of sp³-hybridized carbons (Fsp3) is 0.214. The molecule has 106 valence electrons. The molecular weight excluding hydrogens is 296 g/mol. The highest BCUT2D eigenvalue weighted by atomic mass is 35.5. The third kappa shape index (κ3) is 3.71. The quantitative estimate of drug-likeness (QED) is 0.864. The molecule has 20 heavy (non-hydrogen) atoms. The molecule has 1 aromatic carbocycles. The van der Waals surface area contributed by atoms with Crippen molar-refractivity contribution in [2.75, 3.05) is 10.6 Å². The molecule has 2 rings (SSSR count). The topological polar surface area (TPSA) is 59.1 Å². The predicted molar refractivity (Wildman–Crippen MR) is 80.6 cm³/mol. The number of halogens is 1. The lowest BCUT2D eigenvalue weighted by atomic mass is 10.2. The smallest absolute Gasteiger partial charge is 0.261 e. The highest BCUT2D eigenvalue weighted by Gasteiger charge is 2.14. The van der Waals surface area contributed by atoms with Crippen LogP contribution in [0.1, 0.15) is 11.1 Å². The summed E-state index contributed by atoms with van der Waals surface area (Å²) in [6.45, 7) is 1.85. The first-order valence-electron chi connectivity index (χ1n) is 6.10. The maximum absolute atomic E-state index is 12.2. The molecule has 4 nitrogen and oxygen atoms in total. The molecule has 0 fully saturated rings. The van der Waals surface area contributed by atoms with Gasteiger partial charge in [-0.2, -0.15) is 0 Å². The van der Waals surface area contributed by atoms with E-state index in [1.807, 2.05) is 6.92 Å². The molecular formula is C14H15ClN2O2S. The number of hydrogen-bond donors (Lipinski definition) is 1. The van der Waals surface area contributed by atoms with Gasteiger partial charge in [0.05, 0.1) is 16.8 Å². The number of sulfonamides is 1. The molecule has 0 atom stereocenters. The summed E-state index contributed by atoms with van der Waals surface area (Å²) in [5.41, 5.74) is 2.36. The van der Waals surface area contributed by atoms with Gasteiger partial charge in [-0.3, -0.25) is 9.71 Å². The van der Waals surface area contributed by atoms with Gasteiger partial charge in [0.1, 0.15) is 0 Å². The van der Waals surface area contributed by atoms with Crippen molar-refractivity contribution in [3.05, 3.63) is 53.9 Å². The van der Waals surface area contributed by atoms with E-state index in [0.717, 1.165) is 17.5 Å². The van der Waals surface area contributed by atoms with Gasteiger partial charge in [0.25, 0.3) is 10.0 Å². The first-order valence-corrected chi connectivity index (χ1v) is 8.12. The van der Waals surface area contributed by atoms with Crippen molar-refractivity contribution in [3.8, 4) is 0 Å². The standard InChI is InChI=1S/C14H15ClN2O2S/c1-11-8-13(10-16-9-11)17-20(18,19)14-4-2-12(3-5-14)6-7-15/h2-5,8-10,17H,6-7H2,1H3. The lowest BCUT2D eigenvalue weighted by Crippen LogP contribution is -2.13. The number of alkyl halides is 1. The average molecular weight is 311 g/mol. The number of pyridine rings is 1. The molecule has 1 heterocycles. The van der Waals surface area contributed by atoms with Crippen LogP contribution in [0.15, 0.2) is 47.6 Å². The van der Waals surface area contributed by atoms with Crippen molar-refractivity contribution in [2.45, 2.75) is 18.2 Å². The average Bonchev–Trinajstić information content (AvgIpc) is 2.39. The number of rotatable bonds is 5. The minimum absolute atomic E-state index is 0.220. The highest BCUT2D eigenvalue weighted by Crippen LogP contribution is 2.17. The third-order valence-electron chi connectivity index (χ3n) is 2.74.